The SMILES string of the molecule is CNC(/N=C(\C=C(/C)Nc1cccc(C)c1)CSCc1ccccc1)=C(C)C. The smallest absolute Gasteiger partial charge is 0.124 e. The minimum absolute atomic E-state index is 0.847. The molecule has 0 aliphatic heterocycles. The van der Waals surface area contributed by atoms with Crippen LogP contribution in [-0.2, 0) is 5.75 Å². The number of hydrogen-bond donors (Lipinski definition) is 2. The highest BCUT2D eigenvalue weighted by Crippen LogP contribution is 2.16. The molecule has 0 bridgehead atoms. The zero-order valence-corrected chi connectivity index (χ0v) is 18.4. The highest BCUT2D eigenvalue weighted by atomic mass is 32.2. The fourth-order valence-electron chi connectivity index (χ4n) is 2.75. The van der Waals surface area contributed by atoms with E-state index >= 15 is 0 Å². The molecule has 0 aromatic heterocycles. The molecule has 0 saturated carbocycles. The second kappa shape index (κ2) is 11.4. The van der Waals surface area contributed by atoms with E-state index in [2.05, 4.69) is 99.0 Å². The average Bonchev–Trinajstić information content (AvgIpc) is 2.66. The number of hydrogen-bond acceptors (Lipinski definition) is 4. The second-order valence-electron chi connectivity index (χ2n) is 7.00. The normalized spacial score (nSPS) is 11.9. The first-order valence-corrected chi connectivity index (χ1v) is 10.7. The molecule has 0 saturated heterocycles. The van der Waals surface area contributed by atoms with Gasteiger partial charge in [0.25, 0.3) is 0 Å². The van der Waals surface area contributed by atoms with Crippen LogP contribution in [0.5, 0.6) is 0 Å². The van der Waals surface area contributed by atoms with E-state index < -0.39 is 0 Å². The van der Waals surface area contributed by atoms with Crippen molar-refractivity contribution >= 4 is 23.2 Å². The van der Waals surface area contributed by atoms with E-state index in [1.165, 1.54) is 16.7 Å². The number of aliphatic imine (C=N–C) groups is 1. The number of anilines is 1. The lowest BCUT2D eigenvalue weighted by atomic mass is 10.2. The Hall–Kier alpha value is -2.46. The summed E-state index contributed by atoms with van der Waals surface area (Å²) in [5.41, 5.74) is 6.97. The lowest BCUT2D eigenvalue weighted by Crippen LogP contribution is -2.11. The van der Waals surface area contributed by atoms with E-state index in [1.807, 2.05) is 18.8 Å². The lowest BCUT2D eigenvalue weighted by molar-refractivity contribution is 0.933. The van der Waals surface area contributed by atoms with E-state index in [-0.39, 0.29) is 0 Å². The second-order valence-corrected chi connectivity index (χ2v) is 7.99. The fraction of sp³-hybridized carbons (Fsp3) is 0.292. The minimum Gasteiger partial charge on any atom is -0.373 e. The van der Waals surface area contributed by atoms with Crippen molar-refractivity contribution in [2.75, 3.05) is 18.1 Å². The topological polar surface area (TPSA) is 36.4 Å². The molecule has 2 N–H and O–H groups in total. The first kappa shape index (κ1) is 21.8. The maximum absolute atomic E-state index is 4.87. The number of aryl methyl sites for hydroxylation is 1. The third-order valence-electron chi connectivity index (χ3n) is 4.07. The number of nitrogens with one attached hydrogen (secondary N) is 2. The van der Waals surface area contributed by atoms with Crippen LogP contribution < -0.4 is 10.6 Å². The molecule has 0 aliphatic rings. The summed E-state index contributed by atoms with van der Waals surface area (Å²) >= 11 is 1.88. The third kappa shape index (κ3) is 7.65. The zero-order chi connectivity index (χ0) is 20.4. The molecule has 148 valence electrons. The molecular weight excluding hydrogens is 362 g/mol. The van der Waals surface area contributed by atoms with Crippen molar-refractivity contribution in [1.82, 2.24) is 5.32 Å². The van der Waals surface area contributed by atoms with Crippen molar-refractivity contribution in [2.24, 2.45) is 4.99 Å². The summed E-state index contributed by atoms with van der Waals surface area (Å²) in [6, 6.07) is 19.0. The highest BCUT2D eigenvalue weighted by molar-refractivity contribution is 7.99. The van der Waals surface area contributed by atoms with Crippen LogP contribution in [0, 0.1) is 6.92 Å². The molecule has 28 heavy (non-hydrogen) atoms. The summed E-state index contributed by atoms with van der Waals surface area (Å²) in [6.45, 7) is 8.34. The van der Waals surface area contributed by atoms with Crippen molar-refractivity contribution in [1.29, 1.82) is 0 Å². The molecule has 0 spiro atoms. The van der Waals surface area contributed by atoms with Crippen LogP contribution in [0.4, 0.5) is 5.69 Å². The van der Waals surface area contributed by atoms with Crippen LogP contribution in [-0.4, -0.2) is 18.5 Å². The summed E-state index contributed by atoms with van der Waals surface area (Å²) in [5, 5.41) is 6.68. The first-order chi connectivity index (χ1) is 13.5. The number of nitrogens with zero attached hydrogens (tertiary/aromatic N) is 1. The van der Waals surface area contributed by atoms with Gasteiger partial charge in [-0.15, -0.1) is 0 Å². The van der Waals surface area contributed by atoms with E-state index in [1.54, 1.807) is 0 Å². The van der Waals surface area contributed by atoms with Crippen molar-refractivity contribution in [3.63, 3.8) is 0 Å². The van der Waals surface area contributed by atoms with Gasteiger partial charge < -0.3 is 10.6 Å². The maximum atomic E-state index is 4.87. The number of rotatable bonds is 9. The quantitative estimate of drug-likeness (QED) is 0.501. The molecule has 2 aromatic carbocycles. The molecule has 0 radical (unpaired) electrons. The Labute approximate surface area is 174 Å². The van der Waals surface area contributed by atoms with E-state index in [0.29, 0.717) is 0 Å². The first-order valence-electron chi connectivity index (χ1n) is 9.54. The Bertz CT molecular complexity index is 847. The predicted octanol–water partition coefficient (Wildman–Crippen LogP) is 6.16. The molecule has 0 unspecified atom stereocenters. The maximum Gasteiger partial charge on any atom is 0.124 e. The van der Waals surface area contributed by atoms with Gasteiger partial charge >= 0.3 is 0 Å². The zero-order valence-electron chi connectivity index (χ0n) is 17.5. The van der Waals surface area contributed by atoms with Gasteiger partial charge in [0.05, 0.1) is 5.71 Å². The molecule has 0 fully saturated rings. The van der Waals surface area contributed by atoms with Crippen LogP contribution in [0.3, 0.4) is 0 Å². The molecule has 0 atom stereocenters. The summed E-state index contributed by atoms with van der Waals surface area (Å²) < 4.78 is 0. The Morgan fingerprint density at radius 1 is 1.04 bits per heavy atom. The van der Waals surface area contributed by atoms with Gasteiger partial charge in [0, 0.05) is 29.9 Å². The molecule has 3 nitrogen and oxygen atoms in total. The van der Waals surface area contributed by atoms with Gasteiger partial charge in [-0.25, -0.2) is 4.99 Å². The molecule has 2 aromatic rings. The average molecular weight is 394 g/mol. The van der Waals surface area contributed by atoms with Crippen LogP contribution >= 0.6 is 11.8 Å². The van der Waals surface area contributed by atoms with Gasteiger partial charge in [0.15, 0.2) is 0 Å². The Kier molecular flexibility index (Phi) is 8.89. The Balaban J connectivity index is 2.14. The molecule has 0 heterocycles. The largest absolute Gasteiger partial charge is 0.373 e. The van der Waals surface area contributed by atoms with Gasteiger partial charge in [-0.3, -0.25) is 0 Å². The molecule has 0 aliphatic carbocycles. The summed E-state index contributed by atoms with van der Waals surface area (Å²) in [6.07, 6.45) is 2.14. The molecule has 2 rings (SSSR count). The standard InChI is InChI=1S/C24H31N3S/c1-18(2)24(25-5)27-23(17-28-16-21-11-7-6-8-12-21)15-20(4)26-22-13-9-10-19(3)14-22/h6-15,25-26H,16-17H2,1-5H3/b20-15+,27-23+. The lowest BCUT2D eigenvalue weighted by Gasteiger charge is -2.11. The number of allylic oxidation sites excluding steroid dienone is 3. The highest BCUT2D eigenvalue weighted by Gasteiger charge is 2.03. The van der Waals surface area contributed by atoms with Crippen molar-refractivity contribution in [2.45, 2.75) is 33.4 Å². The van der Waals surface area contributed by atoms with Gasteiger partial charge in [-0.05, 0) is 62.6 Å². The summed E-state index contributed by atoms with van der Waals surface area (Å²) in [7, 11) is 1.92. The number of thioether (sulfide) groups is 1. The van der Waals surface area contributed by atoms with Crippen molar-refractivity contribution < 1.29 is 0 Å². The van der Waals surface area contributed by atoms with E-state index in [9.17, 15) is 0 Å². The van der Waals surface area contributed by atoms with Gasteiger partial charge in [0.2, 0.25) is 0 Å². The summed E-state index contributed by atoms with van der Waals surface area (Å²) in [4.78, 5) is 4.87. The van der Waals surface area contributed by atoms with Gasteiger partial charge in [-0.1, -0.05) is 42.5 Å². The molecule has 0 amide bonds. The van der Waals surface area contributed by atoms with E-state index in [4.69, 9.17) is 4.99 Å². The predicted molar refractivity (Wildman–Crippen MR) is 126 cm³/mol. The Morgan fingerprint density at radius 2 is 1.79 bits per heavy atom. The third-order valence-corrected chi connectivity index (χ3v) is 5.11. The van der Waals surface area contributed by atoms with Crippen LogP contribution in [0.1, 0.15) is 31.9 Å². The molecular formula is C24H31N3S. The van der Waals surface area contributed by atoms with Gasteiger partial charge in [-0.2, -0.15) is 11.8 Å². The molecule has 4 heteroatoms. The minimum atomic E-state index is 0.847. The fourth-order valence-corrected chi connectivity index (χ4v) is 3.64. The van der Waals surface area contributed by atoms with Crippen LogP contribution in [0.15, 0.2) is 82.8 Å². The number of benzene rings is 2. The van der Waals surface area contributed by atoms with Crippen LogP contribution in [0.25, 0.3) is 0 Å². The van der Waals surface area contributed by atoms with Crippen molar-refractivity contribution in [3.8, 4) is 0 Å². The monoisotopic (exact) mass is 393 g/mol. The van der Waals surface area contributed by atoms with Crippen molar-refractivity contribution in [3.05, 3.63) is 88.9 Å². The van der Waals surface area contributed by atoms with Crippen LogP contribution in [0.2, 0.25) is 0 Å². The summed E-state index contributed by atoms with van der Waals surface area (Å²) in [5.74, 6) is 2.75. The van der Waals surface area contributed by atoms with Gasteiger partial charge in [0.1, 0.15) is 5.82 Å². The Morgan fingerprint density at radius 3 is 2.43 bits per heavy atom. The van der Waals surface area contributed by atoms with E-state index in [0.717, 1.165) is 34.4 Å².